The molecular weight excluding hydrogens is 284 g/mol. The number of rotatable bonds is 6. The summed E-state index contributed by atoms with van der Waals surface area (Å²) in [6.07, 6.45) is 0.749. The van der Waals surface area contributed by atoms with E-state index >= 15 is 0 Å². The van der Waals surface area contributed by atoms with Crippen LogP contribution in [0.3, 0.4) is 0 Å². The van der Waals surface area contributed by atoms with Crippen LogP contribution < -0.4 is 15.6 Å². The molecule has 2 rings (SSSR count). The first-order chi connectivity index (χ1) is 10.6. The number of hydrogen-bond donors (Lipinski definition) is 2. The van der Waals surface area contributed by atoms with E-state index in [2.05, 4.69) is 5.32 Å². The second kappa shape index (κ2) is 7.42. The minimum atomic E-state index is -0.845. The summed E-state index contributed by atoms with van der Waals surface area (Å²) in [6, 6.07) is 11.4. The molecule has 2 aromatic rings. The molecule has 22 heavy (non-hydrogen) atoms. The summed E-state index contributed by atoms with van der Waals surface area (Å²) < 4.78 is 6.41. The van der Waals surface area contributed by atoms with Crippen LogP contribution in [0, 0.1) is 0 Å². The van der Waals surface area contributed by atoms with Crippen molar-refractivity contribution in [2.75, 3.05) is 13.7 Å². The second-order valence-corrected chi connectivity index (χ2v) is 4.78. The lowest BCUT2D eigenvalue weighted by Gasteiger charge is -2.13. The summed E-state index contributed by atoms with van der Waals surface area (Å²) in [4.78, 5) is 23.5. The van der Waals surface area contributed by atoms with E-state index in [1.54, 1.807) is 49.7 Å². The molecule has 0 radical (unpaired) electrons. The molecule has 6 heteroatoms. The topological polar surface area (TPSA) is 80.6 Å². The third kappa shape index (κ3) is 4.20. The number of nitrogens with zero attached hydrogens (tertiary/aromatic N) is 1. The zero-order valence-corrected chi connectivity index (χ0v) is 12.2. The van der Waals surface area contributed by atoms with Crippen LogP contribution in [0.5, 0.6) is 5.75 Å². The van der Waals surface area contributed by atoms with Crippen molar-refractivity contribution in [1.29, 1.82) is 0 Å². The number of aromatic nitrogens is 1. The molecule has 116 valence electrons. The molecule has 1 heterocycles. The van der Waals surface area contributed by atoms with Crippen molar-refractivity contribution in [3.63, 3.8) is 0 Å². The van der Waals surface area contributed by atoms with Gasteiger partial charge in [-0.3, -0.25) is 9.59 Å². The Labute approximate surface area is 128 Å². The third-order valence-corrected chi connectivity index (χ3v) is 3.16. The van der Waals surface area contributed by atoms with Gasteiger partial charge in [-0.25, -0.2) is 0 Å². The Balaban J connectivity index is 1.87. The minimum absolute atomic E-state index is 0.0617. The molecule has 0 aliphatic rings. The minimum Gasteiger partial charge on any atom is -0.497 e. The first-order valence-corrected chi connectivity index (χ1v) is 6.86. The van der Waals surface area contributed by atoms with E-state index in [1.165, 1.54) is 10.6 Å². The molecular formula is C16H18N2O4. The molecule has 1 aromatic carbocycles. The predicted molar refractivity (Wildman–Crippen MR) is 82.0 cm³/mol. The van der Waals surface area contributed by atoms with Gasteiger partial charge >= 0.3 is 0 Å². The van der Waals surface area contributed by atoms with Gasteiger partial charge in [-0.05, 0) is 30.3 Å². The smallest absolute Gasteiger partial charge is 0.251 e. The van der Waals surface area contributed by atoms with E-state index in [9.17, 15) is 14.7 Å². The summed E-state index contributed by atoms with van der Waals surface area (Å²) in [5.41, 5.74) is 0.285. The number of ether oxygens (including phenoxy) is 1. The van der Waals surface area contributed by atoms with Crippen LogP contribution in [0.25, 0.3) is 0 Å². The first-order valence-electron chi connectivity index (χ1n) is 6.86. The highest BCUT2D eigenvalue weighted by atomic mass is 16.5. The van der Waals surface area contributed by atoms with Crippen molar-refractivity contribution < 1.29 is 14.6 Å². The zero-order chi connectivity index (χ0) is 15.9. The number of carbonyl (C=O) groups is 1. The van der Waals surface area contributed by atoms with Gasteiger partial charge in [0.05, 0.1) is 19.8 Å². The summed E-state index contributed by atoms with van der Waals surface area (Å²) in [5.74, 6) is 0.377. The third-order valence-electron chi connectivity index (χ3n) is 3.16. The number of aliphatic hydroxyl groups excluding tert-OH is 1. The lowest BCUT2D eigenvalue weighted by atomic mass is 10.2. The number of pyridine rings is 1. The van der Waals surface area contributed by atoms with Gasteiger partial charge in [-0.1, -0.05) is 6.07 Å². The van der Waals surface area contributed by atoms with Gasteiger partial charge in [-0.15, -0.1) is 0 Å². The number of aliphatic hydroxyl groups is 1. The maximum atomic E-state index is 11.9. The fraction of sp³-hybridized carbons (Fsp3) is 0.250. The van der Waals surface area contributed by atoms with E-state index in [1.807, 2.05) is 0 Å². The molecule has 0 aliphatic carbocycles. The molecule has 0 fully saturated rings. The molecule has 0 saturated carbocycles. The molecule has 1 aromatic heterocycles. The molecule has 0 aliphatic heterocycles. The number of methoxy groups -OCH3 is 1. The average molecular weight is 302 g/mol. The molecule has 1 amide bonds. The van der Waals surface area contributed by atoms with Gasteiger partial charge in [0.1, 0.15) is 5.75 Å². The second-order valence-electron chi connectivity index (χ2n) is 4.78. The molecule has 0 spiro atoms. The Kier molecular flexibility index (Phi) is 5.32. The van der Waals surface area contributed by atoms with Gasteiger partial charge < -0.3 is 19.7 Å². The quantitative estimate of drug-likeness (QED) is 0.821. The van der Waals surface area contributed by atoms with Crippen LogP contribution >= 0.6 is 0 Å². The van der Waals surface area contributed by atoms with Gasteiger partial charge in [0.25, 0.3) is 11.5 Å². The fourth-order valence-corrected chi connectivity index (χ4v) is 1.96. The molecule has 6 nitrogen and oxygen atoms in total. The number of carbonyl (C=O) groups excluding carboxylic acids is 1. The fourth-order valence-electron chi connectivity index (χ4n) is 1.96. The van der Waals surface area contributed by atoms with Crippen LogP contribution in [-0.4, -0.2) is 35.3 Å². The summed E-state index contributed by atoms with van der Waals surface area (Å²) in [5, 5.41) is 12.5. The highest BCUT2D eigenvalue weighted by molar-refractivity contribution is 5.94. The lowest BCUT2D eigenvalue weighted by molar-refractivity contribution is 0.0903. The van der Waals surface area contributed by atoms with Gasteiger partial charge in [0, 0.05) is 24.4 Å². The van der Waals surface area contributed by atoms with Crippen molar-refractivity contribution in [3.05, 3.63) is 64.6 Å². The highest BCUT2D eigenvalue weighted by Gasteiger charge is 2.10. The molecule has 2 N–H and O–H groups in total. The Hall–Kier alpha value is -2.60. The van der Waals surface area contributed by atoms with E-state index < -0.39 is 6.10 Å². The Morgan fingerprint density at radius 2 is 2.00 bits per heavy atom. The van der Waals surface area contributed by atoms with E-state index in [-0.39, 0.29) is 24.6 Å². The lowest BCUT2D eigenvalue weighted by Crippen LogP contribution is -2.36. The van der Waals surface area contributed by atoms with Gasteiger partial charge in [0.15, 0.2) is 0 Å². The molecule has 0 saturated heterocycles. The van der Waals surface area contributed by atoms with Crippen LogP contribution in [0.15, 0.2) is 53.5 Å². The molecule has 1 atom stereocenters. The highest BCUT2D eigenvalue weighted by Crippen LogP contribution is 2.10. The van der Waals surface area contributed by atoms with E-state index in [0.717, 1.165) is 0 Å². The van der Waals surface area contributed by atoms with Crippen molar-refractivity contribution >= 4 is 5.91 Å². The van der Waals surface area contributed by atoms with Crippen molar-refractivity contribution in [3.8, 4) is 5.75 Å². The monoisotopic (exact) mass is 302 g/mol. The largest absolute Gasteiger partial charge is 0.497 e. The van der Waals surface area contributed by atoms with Crippen LogP contribution in [0.1, 0.15) is 10.4 Å². The molecule has 1 unspecified atom stereocenters. The molecule has 0 bridgehead atoms. The van der Waals surface area contributed by atoms with Crippen LogP contribution in [0.4, 0.5) is 0 Å². The number of benzene rings is 1. The normalized spacial score (nSPS) is 11.7. The Morgan fingerprint density at radius 1 is 1.27 bits per heavy atom. The van der Waals surface area contributed by atoms with Crippen molar-refractivity contribution in [2.45, 2.75) is 12.6 Å². The maximum absolute atomic E-state index is 11.9. The number of nitrogens with one attached hydrogen (secondary N) is 1. The maximum Gasteiger partial charge on any atom is 0.251 e. The zero-order valence-electron chi connectivity index (χ0n) is 12.2. The first kappa shape index (κ1) is 15.8. The Bertz CT molecular complexity index is 679. The standard InChI is InChI=1S/C16H18N2O4/c1-22-14-7-5-12(6-8-14)16(21)17-10-13(19)11-18-9-3-2-4-15(18)20/h2-9,13,19H,10-11H2,1H3,(H,17,21). The summed E-state index contributed by atoms with van der Waals surface area (Å²) in [6.45, 7) is 0.189. The number of hydrogen-bond acceptors (Lipinski definition) is 4. The Morgan fingerprint density at radius 3 is 2.64 bits per heavy atom. The summed E-state index contributed by atoms with van der Waals surface area (Å²) >= 11 is 0. The van der Waals surface area contributed by atoms with E-state index in [0.29, 0.717) is 11.3 Å². The van der Waals surface area contributed by atoms with Crippen molar-refractivity contribution in [2.24, 2.45) is 0 Å². The van der Waals surface area contributed by atoms with Gasteiger partial charge in [-0.2, -0.15) is 0 Å². The van der Waals surface area contributed by atoms with Gasteiger partial charge in [0.2, 0.25) is 0 Å². The summed E-state index contributed by atoms with van der Waals surface area (Å²) in [7, 11) is 1.55. The predicted octanol–water partition coefficient (Wildman–Crippen LogP) is 0.648. The van der Waals surface area contributed by atoms with E-state index in [4.69, 9.17) is 4.74 Å². The van der Waals surface area contributed by atoms with Crippen LogP contribution in [-0.2, 0) is 6.54 Å². The number of amides is 1. The van der Waals surface area contributed by atoms with Crippen LogP contribution in [0.2, 0.25) is 0 Å². The average Bonchev–Trinajstić information content (AvgIpc) is 2.55. The SMILES string of the molecule is COc1ccc(C(=O)NCC(O)Cn2ccccc2=O)cc1. The van der Waals surface area contributed by atoms with Crippen molar-refractivity contribution in [1.82, 2.24) is 9.88 Å².